The number of methoxy groups -OCH3 is 1. The number of hydrogen-bond acceptors (Lipinski definition) is 4. The van der Waals surface area contributed by atoms with E-state index in [9.17, 15) is 4.79 Å². The third-order valence-electron chi connectivity index (χ3n) is 1.47. The summed E-state index contributed by atoms with van der Waals surface area (Å²) in [5, 5.41) is 8.40. The molecule has 16 heavy (non-hydrogen) atoms. The fourth-order valence-electron chi connectivity index (χ4n) is 0.764. The average Bonchev–Trinajstić information content (AvgIpc) is 2.37. The zero-order chi connectivity index (χ0) is 12.2. The fourth-order valence-corrected chi connectivity index (χ4v) is 0.764. The number of aliphatic hydroxyl groups excluding tert-OH is 1. The molecular weight excluding hydrogens is 208 g/mol. The molecule has 1 N–H and O–H groups in total. The molecule has 4 heteroatoms. The Morgan fingerprint density at radius 1 is 1.44 bits per heavy atom. The molecule has 0 spiro atoms. The van der Waals surface area contributed by atoms with Gasteiger partial charge in [-0.15, -0.1) is 0 Å². The third-order valence-corrected chi connectivity index (χ3v) is 1.47. The van der Waals surface area contributed by atoms with Crippen LogP contribution in [-0.4, -0.2) is 31.4 Å². The van der Waals surface area contributed by atoms with Crippen LogP contribution in [-0.2, 0) is 9.53 Å². The number of ether oxygens (including phenoxy) is 2. The molecule has 0 bridgehead atoms. The number of esters is 1. The Morgan fingerprint density at radius 3 is 2.44 bits per heavy atom. The van der Waals surface area contributed by atoms with Crippen LogP contribution in [0.2, 0.25) is 0 Å². The van der Waals surface area contributed by atoms with Crippen LogP contribution in [0.3, 0.4) is 0 Å². The second-order valence-corrected chi connectivity index (χ2v) is 2.61. The predicted molar refractivity (Wildman–Crippen MR) is 61.2 cm³/mol. The van der Waals surface area contributed by atoms with Crippen LogP contribution in [0, 0.1) is 0 Å². The van der Waals surface area contributed by atoms with Gasteiger partial charge in [-0.3, -0.25) is 0 Å². The van der Waals surface area contributed by atoms with Gasteiger partial charge in [0.25, 0.3) is 0 Å². The topological polar surface area (TPSA) is 55.8 Å². The lowest BCUT2D eigenvalue weighted by Gasteiger charge is -2.01. The number of benzene rings is 1. The molecule has 0 saturated carbocycles. The summed E-state index contributed by atoms with van der Waals surface area (Å²) in [5.74, 6) is 0.409. The van der Waals surface area contributed by atoms with Crippen LogP contribution >= 0.6 is 0 Å². The Kier molecular flexibility index (Phi) is 8.63. The highest BCUT2D eigenvalue weighted by molar-refractivity contribution is 5.80. The molecule has 0 aliphatic rings. The van der Waals surface area contributed by atoms with Gasteiger partial charge in [-0.25, -0.2) is 4.79 Å². The lowest BCUT2D eigenvalue weighted by Crippen LogP contribution is -2.00. The maximum Gasteiger partial charge on any atom is 0.329 e. The summed E-state index contributed by atoms with van der Waals surface area (Å²) >= 11 is 0. The van der Waals surface area contributed by atoms with Crippen LogP contribution in [0.15, 0.2) is 43.0 Å². The summed E-state index contributed by atoms with van der Waals surface area (Å²) < 4.78 is 9.25. The van der Waals surface area contributed by atoms with Crippen LogP contribution in [0.4, 0.5) is 0 Å². The van der Waals surface area contributed by atoms with Crippen molar-refractivity contribution in [1.82, 2.24) is 0 Å². The molecule has 0 saturated heterocycles. The van der Waals surface area contributed by atoms with Crippen molar-refractivity contribution in [3.05, 3.63) is 43.0 Å². The number of carbonyl (C=O) groups excluding carboxylic acids is 1. The Morgan fingerprint density at radius 2 is 2.06 bits per heavy atom. The lowest BCUT2D eigenvalue weighted by atomic mass is 10.3. The second-order valence-electron chi connectivity index (χ2n) is 2.61. The van der Waals surface area contributed by atoms with Gasteiger partial charge in [0.1, 0.15) is 12.4 Å². The first-order valence-electron chi connectivity index (χ1n) is 4.73. The Hall–Kier alpha value is -1.81. The van der Waals surface area contributed by atoms with Gasteiger partial charge < -0.3 is 14.6 Å². The molecule has 88 valence electrons. The molecule has 1 aromatic carbocycles. The van der Waals surface area contributed by atoms with Crippen LogP contribution in [0.5, 0.6) is 5.75 Å². The Labute approximate surface area is 95.1 Å². The summed E-state index contributed by atoms with van der Waals surface area (Å²) in [5.41, 5.74) is 0. The number of para-hydroxylation sites is 1. The molecule has 1 rings (SSSR count). The van der Waals surface area contributed by atoms with E-state index in [2.05, 4.69) is 11.3 Å². The largest absolute Gasteiger partial charge is 0.491 e. The fraction of sp³-hybridized carbons (Fsp3) is 0.250. The predicted octanol–water partition coefficient (Wildman–Crippen LogP) is 1.40. The summed E-state index contributed by atoms with van der Waals surface area (Å²) in [6, 6.07) is 9.43. The van der Waals surface area contributed by atoms with Crippen molar-refractivity contribution in [1.29, 1.82) is 0 Å². The molecule has 1 aromatic rings. The first-order valence-corrected chi connectivity index (χ1v) is 4.73. The smallest absolute Gasteiger partial charge is 0.329 e. The molecule has 0 atom stereocenters. The molecule has 0 fully saturated rings. The first-order chi connectivity index (χ1) is 7.74. The normalized spacial score (nSPS) is 8.38. The minimum absolute atomic E-state index is 0.0644. The van der Waals surface area contributed by atoms with Gasteiger partial charge in [0.2, 0.25) is 0 Å². The molecule has 4 nitrogen and oxygen atoms in total. The maximum absolute atomic E-state index is 9.84. The van der Waals surface area contributed by atoms with Crippen LogP contribution in [0.1, 0.15) is 0 Å². The minimum atomic E-state index is -0.394. The molecule has 0 aliphatic heterocycles. The van der Waals surface area contributed by atoms with E-state index in [1.165, 1.54) is 7.11 Å². The van der Waals surface area contributed by atoms with Crippen molar-refractivity contribution in [2.75, 3.05) is 20.3 Å². The van der Waals surface area contributed by atoms with E-state index in [0.29, 0.717) is 6.61 Å². The molecular formula is C12H16O4. The van der Waals surface area contributed by atoms with Gasteiger partial charge in [0.05, 0.1) is 13.7 Å². The zero-order valence-corrected chi connectivity index (χ0v) is 9.26. The Balaban J connectivity index is 0.000000325. The van der Waals surface area contributed by atoms with Crippen molar-refractivity contribution in [3.63, 3.8) is 0 Å². The molecule has 0 amide bonds. The van der Waals surface area contributed by atoms with Gasteiger partial charge in [-0.2, -0.15) is 0 Å². The molecule has 0 heterocycles. The van der Waals surface area contributed by atoms with Gasteiger partial charge in [-0.05, 0) is 12.1 Å². The van der Waals surface area contributed by atoms with Crippen molar-refractivity contribution in [3.8, 4) is 5.75 Å². The van der Waals surface area contributed by atoms with Crippen molar-refractivity contribution in [2.45, 2.75) is 0 Å². The van der Waals surface area contributed by atoms with Crippen LogP contribution < -0.4 is 4.74 Å². The van der Waals surface area contributed by atoms with E-state index in [1.54, 1.807) is 0 Å². The summed E-state index contributed by atoms with van der Waals surface area (Å²) in [6.07, 6.45) is 1.11. The lowest BCUT2D eigenvalue weighted by molar-refractivity contribution is -0.134. The van der Waals surface area contributed by atoms with Crippen molar-refractivity contribution < 1.29 is 19.4 Å². The van der Waals surface area contributed by atoms with Gasteiger partial charge in [0.15, 0.2) is 0 Å². The quantitative estimate of drug-likeness (QED) is 0.620. The highest BCUT2D eigenvalue weighted by atomic mass is 16.5. The van der Waals surface area contributed by atoms with Crippen molar-refractivity contribution in [2.24, 2.45) is 0 Å². The molecule has 0 aliphatic carbocycles. The minimum Gasteiger partial charge on any atom is -0.491 e. The number of carbonyl (C=O) groups is 1. The number of aliphatic hydroxyl groups is 1. The molecule has 0 aromatic heterocycles. The highest BCUT2D eigenvalue weighted by Crippen LogP contribution is 2.06. The second kappa shape index (κ2) is 9.73. The van der Waals surface area contributed by atoms with E-state index in [1.807, 2.05) is 30.3 Å². The number of hydrogen-bond donors (Lipinski definition) is 1. The maximum atomic E-state index is 9.84. The monoisotopic (exact) mass is 224 g/mol. The summed E-state index contributed by atoms with van der Waals surface area (Å²) in [7, 11) is 1.31. The summed E-state index contributed by atoms with van der Waals surface area (Å²) in [6.45, 7) is 3.59. The van der Waals surface area contributed by atoms with Crippen LogP contribution in [0.25, 0.3) is 0 Å². The highest BCUT2D eigenvalue weighted by Gasteiger charge is 1.87. The van der Waals surface area contributed by atoms with E-state index >= 15 is 0 Å². The van der Waals surface area contributed by atoms with E-state index in [4.69, 9.17) is 9.84 Å². The van der Waals surface area contributed by atoms with E-state index in [-0.39, 0.29) is 6.61 Å². The average molecular weight is 224 g/mol. The van der Waals surface area contributed by atoms with Gasteiger partial charge in [0, 0.05) is 6.08 Å². The summed E-state index contributed by atoms with van der Waals surface area (Å²) in [4.78, 5) is 9.84. The zero-order valence-electron chi connectivity index (χ0n) is 9.26. The number of rotatable bonds is 4. The molecule has 0 radical (unpaired) electrons. The SMILES string of the molecule is C=CC(=O)OC.OCCOc1ccccc1. The van der Waals surface area contributed by atoms with Crippen molar-refractivity contribution >= 4 is 5.97 Å². The van der Waals surface area contributed by atoms with E-state index < -0.39 is 5.97 Å². The third kappa shape index (κ3) is 7.58. The first kappa shape index (κ1) is 14.2. The van der Waals surface area contributed by atoms with Gasteiger partial charge in [-0.1, -0.05) is 24.8 Å². The standard InChI is InChI=1S/C8H10O2.C4H6O2/c9-6-7-10-8-4-2-1-3-5-8;1-3-4(5)6-2/h1-5,9H,6-7H2;3H,1H2,2H3. The molecule has 0 unspecified atom stereocenters. The van der Waals surface area contributed by atoms with Gasteiger partial charge >= 0.3 is 5.97 Å². The Bertz CT molecular complexity index is 295. The van der Waals surface area contributed by atoms with E-state index in [0.717, 1.165) is 11.8 Å².